The van der Waals surface area contributed by atoms with E-state index in [2.05, 4.69) is 18.8 Å². The van der Waals surface area contributed by atoms with E-state index in [1.54, 1.807) is 6.07 Å². The molecule has 0 atom stereocenters. The molecule has 0 spiro atoms. The Morgan fingerprint density at radius 3 is 2.57 bits per heavy atom. The maximum Gasteiger partial charge on any atom is 0.249 e. The standard InChI is InChI=1S/C19H23FN4O3S/c1-3-22(4-2)9-10-23(18(27)12-24-16(25)7-8-17(24)26)19-21-14-6-5-13(20)11-15(14)28-19/h5-6,11H,3-4,7-10,12H2,1-2H3/p+1. The van der Waals surface area contributed by atoms with Gasteiger partial charge in [0.15, 0.2) is 5.13 Å². The van der Waals surface area contributed by atoms with Gasteiger partial charge in [-0.3, -0.25) is 24.2 Å². The molecule has 9 heteroatoms. The van der Waals surface area contributed by atoms with Crippen molar-refractivity contribution in [2.24, 2.45) is 0 Å². The first-order valence-electron chi connectivity index (χ1n) is 9.46. The highest BCUT2D eigenvalue weighted by Crippen LogP contribution is 2.29. The highest BCUT2D eigenvalue weighted by atomic mass is 32.1. The first-order valence-corrected chi connectivity index (χ1v) is 10.3. The number of hydrogen-bond donors (Lipinski definition) is 1. The van der Waals surface area contributed by atoms with Crippen LogP contribution >= 0.6 is 11.3 Å². The van der Waals surface area contributed by atoms with Crippen molar-refractivity contribution in [1.82, 2.24) is 9.88 Å². The van der Waals surface area contributed by atoms with Gasteiger partial charge in [-0.2, -0.15) is 0 Å². The Hall–Kier alpha value is -2.39. The van der Waals surface area contributed by atoms with Gasteiger partial charge in [0.05, 0.1) is 36.4 Å². The van der Waals surface area contributed by atoms with E-state index in [9.17, 15) is 18.8 Å². The number of anilines is 1. The summed E-state index contributed by atoms with van der Waals surface area (Å²) in [5.41, 5.74) is 0.614. The number of nitrogens with one attached hydrogen (secondary N) is 1. The highest BCUT2D eigenvalue weighted by Gasteiger charge is 2.33. The molecule has 1 aromatic carbocycles. The monoisotopic (exact) mass is 407 g/mol. The summed E-state index contributed by atoms with van der Waals surface area (Å²) in [6.45, 7) is 6.84. The van der Waals surface area contributed by atoms with Crippen molar-refractivity contribution < 1.29 is 23.7 Å². The molecule has 2 aromatic rings. The summed E-state index contributed by atoms with van der Waals surface area (Å²) >= 11 is 1.23. The van der Waals surface area contributed by atoms with Gasteiger partial charge < -0.3 is 4.90 Å². The number of aromatic nitrogens is 1. The molecule has 0 radical (unpaired) electrons. The van der Waals surface area contributed by atoms with Gasteiger partial charge in [0.2, 0.25) is 17.7 Å². The van der Waals surface area contributed by atoms with Crippen LogP contribution in [0.5, 0.6) is 0 Å². The van der Waals surface area contributed by atoms with E-state index in [-0.39, 0.29) is 42.9 Å². The van der Waals surface area contributed by atoms with Crippen molar-refractivity contribution in [3.8, 4) is 0 Å². The number of halogens is 1. The normalized spacial score (nSPS) is 14.5. The summed E-state index contributed by atoms with van der Waals surface area (Å²) in [6.07, 6.45) is 0.298. The minimum atomic E-state index is -0.360. The van der Waals surface area contributed by atoms with E-state index in [0.717, 1.165) is 18.0 Å². The summed E-state index contributed by atoms with van der Waals surface area (Å²) in [6, 6.07) is 4.30. The van der Waals surface area contributed by atoms with Crippen LogP contribution in [0.1, 0.15) is 26.7 Å². The molecular weight excluding hydrogens is 383 g/mol. The predicted molar refractivity (Wildman–Crippen MR) is 105 cm³/mol. The highest BCUT2D eigenvalue weighted by molar-refractivity contribution is 7.22. The molecule has 0 aliphatic carbocycles. The van der Waals surface area contributed by atoms with Gasteiger partial charge in [0, 0.05) is 12.8 Å². The fourth-order valence-corrected chi connectivity index (χ4v) is 4.26. The summed E-state index contributed by atoms with van der Waals surface area (Å²) in [4.78, 5) is 45.1. The molecule has 1 saturated heterocycles. The molecule has 3 rings (SSSR count). The minimum Gasteiger partial charge on any atom is -0.334 e. The number of rotatable bonds is 8. The third-order valence-corrected chi connectivity index (χ3v) is 6.05. The van der Waals surface area contributed by atoms with Crippen LogP contribution in [-0.2, 0) is 14.4 Å². The average molecular weight is 407 g/mol. The van der Waals surface area contributed by atoms with Gasteiger partial charge in [-0.05, 0) is 32.0 Å². The van der Waals surface area contributed by atoms with Crippen LogP contribution in [0.4, 0.5) is 9.52 Å². The molecule has 7 nitrogen and oxygen atoms in total. The van der Waals surface area contributed by atoms with Crippen LogP contribution in [0, 0.1) is 5.82 Å². The summed E-state index contributed by atoms with van der Waals surface area (Å²) in [5, 5.41) is 0.455. The largest absolute Gasteiger partial charge is 0.334 e. The third-order valence-electron chi connectivity index (χ3n) is 5.01. The first kappa shape index (κ1) is 20.3. The molecule has 0 bridgehead atoms. The maximum absolute atomic E-state index is 13.5. The number of carbonyl (C=O) groups excluding carboxylic acids is 3. The number of fused-ring (bicyclic) bond motifs is 1. The van der Waals surface area contributed by atoms with Gasteiger partial charge in [-0.25, -0.2) is 9.37 Å². The van der Waals surface area contributed by atoms with Crippen LogP contribution in [0.15, 0.2) is 18.2 Å². The second kappa shape index (κ2) is 8.74. The number of quaternary nitrogens is 1. The number of imide groups is 1. The van der Waals surface area contributed by atoms with Crippen LogP contribution in [0.2, 0.25) is 0 Å². The van der Waals surface area contributed by atoms with E-state index in [4.69, 9.17) is 0 Å². The molecule has 1 fully saturated rings. The summed E-state index contributed by atoms with van der Waals surface area (Å²) < 4.78 is 14.2. The number of benzene rings is 1. The molecule has 1 aliphatic heterocycles. The fraction of sp³-hybridized carbons (Fsp3) is 0.474. The Balaban J connectivity index is 1.85. The lowest BCUT2D eigenvalue weighted by Crippen LogP contribution is -3.12. The minimum absolute atomic E-state index is 0.149. The topological polar surface area (TPSA) is 75.0 Å². The first-order chi connectivity index (χ1) is 13.4. The van der Waals surface area contributed by atoms with Crippen molar-refractivity contribution in [2.75, 3.05) is 37.6 Å². The zero-order valence-electron chi connectivity index (χ0n) is 16.0. The summed E-state index contributed by atoms with van der Waals surface area (Å²) in [7, 11) is 0. The van der Waals surface area contributed by atoms with Gasteiger partial charge in [0.1, 0.15) is 12.4 Å². The third kappa shape index (κ3) is 4.36. The Kier molecular flexibility index (Phi) is 6.35. The van der Waals surface area contributed by atoms with E-state index in [0.29, 0.717) is 28.4 Å². The average Bonchev–Trinajstić information content (AvgIpc) is 3.22. The zero-order chi connectivity index (χ0) is 20.3. The Morgan fingerprint density at radius 1 is 1.25 bits per heavy atom. The van der Waals surface area contributed by atoms with E-state index >= 15 is 0 Å². The van der Waals surface area contributed by atoms with Gasteiger partial charge in [-0.15, -0.1) is 0 Å². The van der Waals surface area contributed by atoms with Crippen molar-refractivity contribution in [3.05, 3.63) is 24.0 Å². The van der Waals surface area contributed by atoms with Crippen LogP contribution in [-0.4, -0.2) is 60.3 Å². The number of nitrogens with zero attached hydrogens (tertiary/aromatic N) is 3. The predicted octanol–water partition coefficient (Wildman–Crippen LogP) is 0.842. The molecule has 0 saturated carbocycles. The van der Waals surface area contributed by atoms with E-state index < -0.39 is 0 Å². The molecule has 1 aromatic heterocycles. The zero-order valence-corrected chi connectivity index (χ0v) is 16.9. The number of likely N-dealkylation sites (N-methyl/N-ethyl adjacent to an activating group) is 1. The molecule has 2 heterocycles. The van der Waals surface area contributed by atoms with E-state index in [1.165, 1.54) is 33.3 Å². The summed E-state index contributed by atoms with van der Waals surface area (Å²) in [5.74, 6) is -1.35. The van der Waals surface area contributed by atoms with Crippen LogP contribution in [0.3, 0.4) is 0 Å². The SMILES string of the molecule is CC[NH+](CC)CCN(C(=O)CN1C(=O)CCC1=O)c1nc2ccc(F)cc2s1. The Bertz CT molecular complexity index is 880. The number of carbonyl (C=O) groups is 3. The molecule has 150 valence electrons. The Morgan fingerprint density at radius 2 is 1.93 bits per heavy atom. The fourth-order valence-electron chi connectivity index (χ4n) is 3.22. The molecule has 0 unspecified atom stereocenters. The van der Waals surface area contributed by atoms with Crippen molar-refractivity contribution in [2.45, 2.75) is 26.7 Å². The molecular formula is C19H24FN4O3S+. The quantitative estimate of drug-likeness (QED) is 0.658. The number of amides is 3. The van der Waals surface area contributed by atoms with Gasteiger partial charge >= 0.3 is 0 Å². The lowest BCUT2D eigenvalue weighted by molar-refractivity contribution is -0.894. The van der Waals surface area contributed by atoms with Gasteiger partial charge in [0.25, 0.3) is 0 Å². The number of thiazole rings is 1. The Labute approximate surface area is 166 Å². The van der Waals surface area contributed by atoms with Crippen molar-refractivity contribution >= 4 is 44.4 Å². The molecule has 1 N–H and O–H groups in total. The smallest absolute Gasteiger partial charge is 0.249 e. The van der Waals surface area contributed by atoms with Crippen molar-refractivity contribution in [3.63, 3.8) is 0 Å². The molecule has 28 heavy (non-hydrogen) atoms. The van der Waals surface area contributed by atoms with Gasteiger partial charge in [-0.1, -0.05) is 11.3 Å². The lowest BCUT2D eigenvalue weighted by atomic mass is 10.3. The molecule has 3 amide bonds. The van der Waals surface area contributed by atoms with E-state index in [1.807, 2.05) is 0 Å². The second-order valence-electron chi connectivity index (χ2n) is 6.73. The molecule has 1 aliphatic rings. The number of hydrogen-bond acceptors (Lipinski definition) is 5. The lowest BCUT2D eigenvalue weighted by Gasteiger charge is -2.24. The van der Waals surface area contributed by atoms with Crippen molar-refractivity contribution in [1.29, 1.82) is 0 Å². The van der Waals surface area contributed by atoms with Crippen LogP contribution < -0.4 is 9.80 Å². The number of likely N-dealkylation sites (tertiary alicyclic amines) is 1. The maximum atomic E-state index is 13.5. The second-order valence-corrected chi connectivity index (χ2v) is 7.74. The van der Waals surface area contributed by atoms with Crippen LogP contribution in [0.25, 0.3) is 10.2 Å².